The quantitative estimate of drug-likeness (QED) is 0.269. The van der Waals surface area contributed by atoms with E-state index >= 15 is 0 Å². The van der Waals surface area contributed by atoms with E-state index in [0.717, 1.165) is 0 Å². The molecule has 9 heteroatoms. The van der Waals surface area contributed by atoms with E-state index in [1.165, 1.54) is 37.5 Å². The van der Waals surface area contributed by atoms with Crippen LogP contribution in [-0.4, -0.2) is 31.5 Å². The minimum absolute atomic E-state index is 0.116. The normalized spacial score (nSPS) is 10.6. The van der Waals surface area contributed by atoms with Crippen LogP contribution in [-0.2, 0) is 14.3 Å². The Labute approximate surface area is 206 Å². The van der Waals surface area contributed by atoms with Gasteiger partial charge in [-0.15, -0.1) is 0 Å². The molecule has 0 saturated carbocycles. The number of nitriles is 1. The van der Waals surface area contributed by atoms with E-state index in [-0.39, 0.29) is 18.1 Å². The molecule has 3 aromatic rings. The van der Waals surface area contributed by atoms with Gasteiger partial charge < -0.3 is 20.1 Å². The van der Waals surface area contributed by atoms with Crippen molar-refractivity contribution in [3.05, 3.63) is 94.5 Å². The lowest BCUT2D eigenvalue weighted by molar-refractivity contribution is -0.118. The Balaban J connectivity index is 1.57. The number of para-hydroxylation sites is 1. The van der Waals surface area contributed by atoms with Gasteiger partial charge in [-0.1, -0.05) is 35.9 Å². The lowest BCUT2D eigenvalue weighted by Gasteiger charge is -2.09. The van der Waals surface area contributed by atoms with Crippen LogP contribution in [0.2, 0.25) is 5.02 Å². The van der Waals surface area contributed by atoms with E-state index in [1.54, 1.807) is 48.5 Å². The molecule has 0 heterocycles. The van der Waals surface area contributed by atoms with E-state index in [0.29, 0.717) is 33.3 Å². The summed E-state index contributed by atoms with van der Waals surface area (Å²) in [5, 5.41) is 15.1. The van der Waals surface area contributed by atoms with Crippen LogP contribution in [0.1, 0.15) is 15.9 Å². The van der Waals surface area contributed by atoms with Crippen molar-refractivity contribution in [2.24, 2.45) is 0 Å². The summed E-state index contributed by atoms with van der Waals surface area (Å²) >= 11 is 6.02. The van der Waals surface area contributed by atoms with E-state index in [1.807, 2.05) is 6.07 Å². The van der Waals surface area contributed by atoms with E-state index in [9.17, 15) is 19.6 Å². The number of hydrogen-bond acceptors (Lipinski definition) is 6. The maximum absolute atomic E-state index is 12.5. The molecule has 0 bridgehead atoms. The third-order valence-electron chi connectivity index (χ3n) is 4.64. The first-order valence-corrected chi connectivity index (χ1v) is 10.7. The highest BCUT2D eigenvalue weighted by atomic mass is 35.5. The first-order valence-electron chi connectivity index (χ1n) is 10.3. The van der Waals surface area contributed by atoms with Gasteiger partial charge in [-0.05, 0) is 60.2 Å². The van der Waals surface area contributed by atoms with Crippen LogP contribution in [0.5, 0.6) is 5.75 Å². The average molecular weight is 490 g/mol. The fraction of sp³-hybridized carbons (Fsp3) is 0.0769. The molecule has 0 atom stereocenters. The number of hydrogen-bond donors (Lipinski definition) is 2. The summed E-state index contributed by atoms with van der Waals surface area (Å²) in [6, 6.07) is 21.4. The molecule has 176 valence electrons. The number of ether oxygens (including phenoxy) is 2. The lowest BCUT2D eigenvalue weighted by Crippen LogP contribution is -2.20. The van der Waals surface area contributed by atoms with E-state index < -0.39 is 11.9 Å². The number of esters is 1. The van der Waals surface area contributed by atoms with Crippen LogP contribution in [0.25, 0.3) is 6.08 Å². The highest BCUT2D eigenvalue weighted by molar-refractivity contribution is 6.33. The molecule has 0 aliphatic heterocycles. The summed E-state index contributed by atoms with van der Waals surface area (Å²) in [5.74, 6) is -1.03. The van der Waals surface area contributed by atoms with Crippen molar-refractivity contribution in [3.63, 3.8) is 0 Å². The van der Waals surface area contributed by atoms with Gasteiger partial charge in [-0.25, -0.2) is 4.79 Å². The van der Waals surface area contributed by atoms with Crippen molar-refractivity contribution in [2.75, 3.05) is 24.4 Å². The molecule has 2 amide bonds. The van der Waals surface area contributed by atoms with Crippen LogP contribution < -0.4 is 15.4 Å². The predicted molar refractivity (Wildman–Crippen MR) is 132 cm³/mol. The van der Waals surface area contributed by atoms with Gasteiger partial charge in [0.15, 0.2) is 6.61 Å². The van der Waals surface area contributed by atoms with Crippen molar-refractivity contribution in [1.29, 1.82) is 5.26 Å². The highest BCUT2D eigenvalue weighted by Gasteiger charge is 2.11. The summed E-state index contributed by atoms with van der Waals surface area (Å²) in [5.41, 5.74) is 1.72. The Morgan fingerprint density at radius 1 is 0.971 bits per heavy atom. The van der Waals surface area contributed by atoms with Crippen molar-refractivity contribution in [1.82, 2.24) is 0 Å². The van der Waals surface area contributed by atoms with Gasteiger partial charge in [0.2, 0.25) is 0 Å². The Bertz CT molecular complexity index is 1300. The fourth-order valence-corrected chi connectivity index (χ4v) is 3.06. The maximum Gasteiger partial charge on any atom is 0.337 e. The fourth-order valence-electron chi connectivity index (χ4n) is 2.88. The van der Waals surface area contributed by atoms with Gasteiger partial charge in [0.25, 0.3) is 11.8 Å². The molecule has 0 unspecified atom stereocenters. The Kier molecular flexibility index (Phi) is 8.59. The smallest absolute Gasteiger partial charge is 0.337 e. The summed E-state index contributed by atoms with van der Waals surface area (Å²) < 4.78 is 10.1. The second kappa shape index (κ2) is 12.0. The number of amides is 2. The number of nitrogens with one attached hydrogen (secondary N) is 2. The summed E-state index contributed by atoms with van der Waals surface area (Å²) in [6.45, 7) is -0.221. The Morgan fingerprint density at radius 3 is 2.29 bits per heavy atom. The Morgan fingerprint density at radius 2 is 1.66 bits per heavy atom. The molecule has 8 nitrogen and oxygen atoms in total. The molecule has 35 heavy (non-hydrogen) atoms. The van der Waals surface area contributed by atoms with Crippen molar-refractivity contribution in [3.8, 4) is 11.8 Å². The molecule has 0 aliphatic rings. The zero-order valence-electron chi connectivity index (χ0n) is 18.6. The molecular formula is C26H20ClN3O5. The molecular weight excluding hydrogens is 470 g/mol. The standard InChI is InChI=1S/C26H20ClN3O5/c1-34-26(33)18-8-10-20(11-9-18)29-25(32)19(15-28)14-17-6-12-21(13-7-17)35-16-24(31)30-23-5-3-2-4-22(23)27/h2-14H,16H2,1H3,(H,29,32)(H,30,31)/b19-14-. The zero-order valence-corrected chi connectivity index (χ0v) is 19.3. The molecule has 0 radical (unpaired) electrons. The van der Waals surface area contributed by atoms with Gasteiger partial charge in [0.1, 0.15) is 17.4 Å². The molecule has 0 aromatic heterocycles. The van der Waals surface area contributed by atoms with E-state index in [2.05, 4.69) is 15.4 Å². The molecule has 2 N–H and O–H groups in total. The second-order valence-electron chi connectivity index (χ2n) is 7.08. The first kappa shape index (κ1) is 25.0. The predicted octanol–water partition coefficient (Wildman–Crippen LogP) is 4.69. The number of rotatable bonds is 8. The number of anilines is 2. The van der Waals surface area contributed by atoms with Gasteiger partial charge in [0.05, 0.1) is 23.4 Å². The number of carbonyl (C=O) groups is 3. The molecule has 0 aliphatic carbocycles. The Hall–Kier alpha value is -4.61. The SMILES string of the molecule is COC(=O)c1ccc(NC(=O)/C(C#N)=C\c2ccc(OCC(=O)Nc3ccccc3Cl)cc2)cc1. The van der Waals surface area contributed by atoms with Crippen LogP contribution in [0.3, 0.4) is 0 Å². The largest absolute Gasteiger partial charge is 0.484 e. The van der Waals surface area contributed by atoms with Gasteiger partial charge in [-0.2, -0.15) is 5.26 Å². The minimum atomic E-state index is -0.602. The number of carbonyl (C=O) groups excluding carboxylic acids is 3. The van der Waals surface area contributed by atoms with Gasteiger partial charge in [0, 0.05) is 5.69 Å². The van der Waals surface area contributed by atoms with Gasteiger partial charge >= 0.3 is 5.97 Å². The van der Waals surface area contributed by atoms with Crippen LogP contribution in [0, 0.1) is 11.3 Å². The van der Waals surface area contributed by atoms with Crippen molar-refractivity contribution >= 4 is 46.8 Å². The van der Waals surface area contributed by atoms with Gasteiger partial charge in [-0.3, -0.25) is 9.59 Å². The highest BCUT2D eigenvalue weighted by Crippen LogP contribution is 2.21. The lowest BCUT2D eigenvalue weighted by atomic mass is 10.1. The molecule has 0 fully saturated rings. The maximum atomic E-state index is 12.5. The average Bonchev–Trinajstić information content (AvgIpc) is 2.88. The first-order chi connectivity index (χ1) is 16.9. The topological polar surface area (TPSA) is 118 Å². The third-order valence-corrected chi connectivity index (χ3v) is 4.97. The summed E-state index contributed by atoms with van der Waals surface area (Å²) in [4.78, 5) is 36.0. The number of halogens is 1. The minimum Gasteiger partial charge on any atom is -0.484 e. The molecule has 3 aromatic carbocycles. The third kappa shape index (κ3) is 7.19. The van der Waals surface area contributed by atoms with Crippen LogP contribution in [0.4, 0.5) is 11.4 Å². The van der Waals surface area contributed by atoms with Crippen molar-refractivity contribution in [2.45, 2.75) is 0 Å². The number of nitrogens with zero attached hydrogens (tertiary/aromatic N) is 1. The molecule has 3 rings (SSSR count). The monoisotopic (exact) mass is 489 g/mol. The molecule has 0 spiro atoms. The summed E-state index contributed by atoms with van der Waals surface area (Å²) in [6.07, 6.45) is 1.42. The number of benzene rings is 3. The van der Waals surface area contributed by atoms with E-state index in [4.69, 9.17) is 16.3 Å². The van der Waals surface area contributed by atoms with Crippen LogP contribution >= 0.6 is 11.6 Å². The molecule has 0 saturated heterocycles. The van der Waals surface area contributed by atoms with Crippen molar-refractivity contribution < 1.29 is 23.9 Å². The number of methoxy groups -OCH3 is 1. The summed E-state index contributed by atoms with van der Waals surface area (Å²) in [7, 11) is 1.28. The van der Waals surface area contributed by atoms with Crippen LogP contribution in [0.15, 0.2) is 78.4 Å². The second-order valence-corrected chi connectivity index (χ2v) is 7.49. The zero-order chi connectivity index (χ0) is 25.2.